The van der Waals surface area contributed by atoms with Gasteiger partial charge >= 0.3 is 5.69 Å². The fraction of sp³-hybridized carbons (Fsp3) is 0.533. The highest BCUT2D eigenvalue weighted by molar-refractivity contribution is 6.76. The van der Waals surface area contributed by atoms with Crippen molar-refractivity contribution >= 4 is 30.8 Å². The first kappa shape index (κ1) is 18.7. The van der Waals surface area contributed by atoms with Gasteiger partial charge < -0.3 is 9.30 Å². The molecule has 0 spiro atoms. The summed E-state index contributed by atoms with van der Waals surface area (Å²) in [6, 6.07) is 0.988. The van der Waals surface area contributed by atoms with E-state index in [1.54, 1.807) is 6.08 Å². The Morgan fingerprint density at radius 1 is 1.29 bits per heavy atom. The van der Waals surface area contributed by atoms with Crippen LogP contribution in [0.4, 0.5) is 0 Å². The summed E-state index contributed by atoms with van der Waals surface area (Å²) >= 11 is 6.12. The number of halogens is 1. The average Bonchev–Trinajstić information content (AvgIpc) is 2.80. The Morgan fingerprint density at radius 2 is 1.96 bits per heavy atom. The number of allylic oxidation sites excluding steroid dienone is 1. The van der Waals surface area contributed by atoms with E-state index in [9.17, 15) is 9.59 Å². The molecule has 0 unspecified atom stereocenters. The molecule has 0 fully saturated rings. The third-order valence-electron chi connectivity index (χ3n) is 3.71. The molecular weight excluding hydrogens is 348 g/mol. The van der Waals surface area contributed by atoms with Gasteiger partial charge in [0.2, 0.25) is 5.28 Å². The summed E-state index contributed by atoms with van der Waals surface area (Å²) in [5.41, 5.74) is -0.395. The molecule has 0 aliphatic carbocycles. The third kappa shape index (κ3) is 3.71. The number of hydrogen-bond donors (Lipinski definition) is 0. The van der Waals surface area contributed by atoms with E-state index < -0.39 is 19.3 Å². The van der Waals surface area contributed by atoms with Crippen LogP contribution in [0.1, 0.15) is 0 Å². The van der Waals surface area contributed by atoms with Gasteiger partial charge in [-0.3, -0.25) is 13.9 Å². The number of aromatic nitrogens is 4. The second-order valence-electron chi connectivity index (χ2n) is 6.88. The minimum Gasteiger partial charge on any atom is -0.361 e. The highest BCUT2D eigenvalue weighted by Crippen LogP contribution is 2.16. The van der Waals surface area contributed by atoms with Crippen LogP contribution in [-0.4, -0.2) is 33.4 Å². The maximum Gasteiger partial charge on any atom is 0.334 e. The highest BCUT2D eigenvalue weighted by atomic mass is 35.5. The summed E-state index contributed by atoms with van der Waals surface area (Å²) in [4.78, 5) is 29.0. The van der Waals surface area contributed by atoms with Gasteiger partial charge in [0, 0.05) is 28.3 Å². The second kappa shape index (κ2) is 7.08. The van der Waals surface area contributed by atoms with Gasteiger partial charge in [-0.2, -0.15) is 4.98 Å². The lowest BCUT2D eigenvalue weighted by molar-refractivity contribution is 0.0857. The van der Waals surface area contributed by atoms with E-state index in [-0.39, 0.29) is 23.2 Å². The van der Waals surface area contributed by atoms with Crippen molar-refractivity contribution < 1.29 is 4.74 Å². The Morgan fingerprint density at radius 3 is 2.54 bits per heavy atom. The molecule has 9 heteroatoms. The second-order valence-corrected chi connectivity index (χ2v) is 12.8. The monoisotopic (exact) mass is 370 g/mol. The van der Waals surface area contributed by atoms with Crippen molar-refractivity contribution in [2.24, 2.45) is 7.05 Å². The first-order valence-corrected chi connectivity index (χ1v) is 11.8. The summed E-state index contributed by atoms with van der Waals surface area (Å²) in [6.45, 7) is 11.3. The molecule has 0 saturated carbocycles. The first-order chi connectivity index (χ1) is 11.2. The quantitative estimate of drug-likeness (QED) is 0.323. The lowest BCUT2D eigenvalue weighted by Gasteiger charge is -2.16. The number of ether oxygens (including phenoxy) is 1. The van der Waals surface area contributed by atoms with Crippen molar-refractivity contribution in [2.75, 3.05) is 6.61 Å². The van der Waals surface area contributed by atoms with Gasteiger partial charge in [-0.25, -0.2) is 4.79 Å². The van der Waals surface area contributed by atoms with Gasteiger partial charge in [-0.1, -0.05) is 25.7 Å². The van der Waals surface area contributed by atoms with Crippen molar-refractivity contribution in [3.05, 3.63) is 38.8 Å². The normalized spacial score (nSPS) is 12.0. The van der Waals surface area contributed by atoms with Crippen LogP contribution in [0.25, 0.3) is 11.2 Å². The third-order valence-corrected chi connectivity index (χ3v) is 5.70. The lowest BCUT2D eigenvalue weighted by atomic mass is 10.5. The molecule has 132 valence electrons. The van der Waals surface area contributed by atoms with E-state index in [1.807, 2.05) is 0 Å². The zero-order valence-corrected chi connectivity index (χ0v) is 16.3. The van der Waals surface area contributed by atoms with Crippen LogP contribution >= 0.6 is 11.6 Å². The Bertz CT molecular complexity index is 876. The summed E-state index contributed by atoms with van der Waals surface area (Å²) < 4.78 is 9.57. The fourth-order valence-electron chi connectivity index (χ4n) is 2.28. The van der Waals surface area contributed by atoms with E-state index in [1.165, 1.54) is 16.2 Å². The Labute approximate surface area is 146 Å². The van der Waals surface area contributed by atoms with Crippen LogP contribution in [-0.2, 0) is 25.1 Å². The molecule has 2 aromatic heterocycles. The minimum atomic E-state index is -1.22. The maximum atomic E-state index is 12.4. The molecule has 0 radical (unpaired) electrons. The molecule has 0 amide bonds. The van der Waals surface area contributed by atoms with Crippen LogP contribution in [0.15, 0.2) is 22.2 Å². The smallest absolute Gasteiger partial charge is 0.334 e. The van der Waals surface area contributed by atoms with Gasteiger partial charge in [-0.15, -0.1) is 6.58 Å². The van der Waals surface area contributed by atoms with Gasteiger partial charge in [0.05, 0.1) is 0 Å². The molecule has 2 heterocycles. The minimum absolute atomic E-state index is 0.0371. The molecule has 7 nitrogen and oxygen atoms in total. The van der Waals surface area contributed by atoms with E-state index in [0.717, 1.165) is 10.6 Å². The van der Waals surface area contributed by atoms with Crippen molar-refractivity contribution in [2.45, 2.75) is 39.0 Å². The van der Waals surface area contributed by atoms with Crippen LogP contribution in [0.3, 0.4) is 0 Å². The van der Waals surface area contributed by atoms with Gasteiger partial charge in [0.1, 0.15) is 6.73 Å². The van der Waals surface area contributed by atoms with E-state index in [4.69, 9.17) is 16.3 Å². The predicted octanol–water partition coefficient (Wildman–Crippen LogP) is 2.05. The van der Waals surface area contributed by atoms with Gasteiger partial charge in [0.15, 0.2) is 11.2 Å². The van der Waals surface area contributed by atoms with Crippen LogP contribution in [0, 0.1) is 0 Å². The van der Waals surface area contributed by atoms with Crippen molar-refractivity contribution in [3.63, 3.8) is 0 Å². The number of nitrogens with zero attached hydrogens (tertiary/aromatic N) is 4. The number of imidazole rings is 1. The van der Waals surface area contributed by atoms with Crippen LogP contribution in [0.2, 0.25) is 31.0 Å². The molecule has 0 atom stereocenters. The fourth-order valence-corrected chi connectivity index (χ4v) is 3.27. The number of hydrogen-bond acceptors (Lipinski definition) is 4. The van der Waals surface area contributed by atoms with Gasteiger partial charge in [0.25, 0.3) is 5.56 Å². The molecular formula is C15H23ClN4O3Si. The standard InChI is InChI=1S/C15H23ClN4O3Si/c1-6-7-19-11-12(17-14(19)16)20(15(22)18(2)13(11)21)10-23-8-9-24(3,4)5/h6H,1,7-10H2,2-5H3. The highest BCUT2D eigenvalue weighted by Gasteiger charge is 2.19. The molecule has 0 aliphatic rings. The summed E-state index contributed by atoms with van der Waals surface area (Å²) in [5, 5.41) is 0.142. The first-order valence-electron chi connectivity index (χ1n) is 7.71. The molecule has 24 heavy (non-hydrogen) atoms. The van der Waals surface area contributed by atoms with Crippen molar-refractivity contribution in [1.82, 2.24) is 18.7 Å². The number of fused-ring (bicyclic) bond motifs is 1. The Kier molecular flexibility index (Phi) is 5.51. The molecule has 0 bridgehead atoms. The molecule has 2 aromatic rings. The molecule has 0 aliphatic heterocycles. The lowest BCUT2D eigenvalue weighted by Crippen LogP contribution is -2.39. The van der Waals surface area contributed by atoms with E-state index in [2.05, 4.69) is 31.2 Å². The Hall–Kier alpha value is -1.64. The summed E-state index contributed by atoms with van der Waals surface area (Å²) in [6.07, 6.45) is 1.62. The topological polar surface area (TPSA) is 71.0 Å². The zero-order valence-electron chi connectivity index (χ0n) is 14.5. The molecule has 0 aromatic carbocycles. The van der Waals surface area contributed by atoms with E-state index >= 15 is 0 Å². The number of rotatable bonds is 7. The van der Waals surface area contributed by atoms with Crippen molar-refractivity contribution in [3.8, 4) is 0 Å². The summed E-state index contributed by atoms with van der Waals surface area (Å²) in [7, 11) is 0.215. The maximum absolute atomic E-state index is 12.4. The largest absolute Gasteiger partial charge is 0.361 e. The molecule has 2 rings (SSSR count). The Balaban J connectivity index is 2.46. The summed E-state index contributed by atoms with van der Waals surface area (Å²) in [5.74, 6) is 0. The average molecular weight is 371 g/mol. The van der Waals surface area contributed by atoms with E-state index in [0.29, 0.717) is 13.2 Å². The van der Waals surface area contributed by atoms with Crippen LogP contribution in [0.5, 0.6) is 0 Å². The van der Waals surface area contributed by atoms with Crippen LogP contribution < -0.4 is 11.2 Å². The van der Waals surface area contributed by atoms with Gasteiger partial charge in [-0.05, 0) is 17.6 Å². The predicted molar refractivity (Wildman–Crippen MR) is 98.5 cm³/mol. The van der Waals surface area contributed by atoms with Crippen molar-refractivity contribution in [1.29, 1.82) is 0 Å². The SMILES string of the molecule is C=CCn1c(Cl)nc2c1c(=O)n(C)c(=O)n2COCC[Si](C)(C)C. The zero-order chi connectivity index (χ0) is 18.1. The molecule has 0 saturated heterocycles. The molecule has 0 N–H and O–H groups in total.